The molecule has 1 saturated heterocycles. The standard InChI is InChI=1S/C15H29NO/c1-10-11(7-8-13(10)16-6)12-9-14(2,3)17-15(12,4)5/h10-13,16H,7-9H2,1-6H3. The van der Waals surface area contributed by atoms with Crippen LogP contribution in [0.25, 0.3) is 0 Å². The fraction of sp³-hybridized carbons (Fsp3) is 1.00. The first-order chi connectivity index (χ1) is 7.77. The van der Waals surface area contributed by atoms with Gasteiger partial charge in [-0.3, -0.25) is 0 Å². The maximum atomic E-state index is 6.26. The Labute approximate surface area is 107 Å². The Balaban J connectivity index is 2.13. The van der Waals surface area contributed by atoms with E-state index < -0.39 is 0 Å². The second kappa shape index (κ2) is 4.24. The van der Waals surface area contributed by atoms with Crippen LogP contribution in [-0.2, 0) is 4.74 Å². The summed E-state index contributed by atoms with van der Waals surface area (Å²) in [4.78, 5) is 0. The highest BCUT2D eigenvalue weighted by Gasteiger charge is 2.51. The van der Waals surface area contributed by atoms with Crippen molar-refractivity contribution in [3.8, 4) is 0 Å². The molecule has 2 fully saturated rings. The molecule has 2 heteroatoms. The van der Waals surface area contributed by atoms with Gasteiger partial charge in [0.2, 0.25) is 0 Å². The third-order valence-corrected chi connectivity index (χ3v) is 5.15. The molecule has 1 aliphatic heterocycles. The first-order valence-corrected chi connectivity index (χ1v) is 7.14. The molecule has 0 aromatic heterocycles. The molecule has 0 radical (unpaired) electrons. The minimum atomic E-state index is 0.0467. The topological polar surface area (TPSA) is 21.3 Å². The fourth-order valence-electron chi connectivity index (χ4n) is 4.44. The van der Waals surface area contributed by atoms with Crippen molar-refractivity contribution in [3.63, 3.8) is 0 Å². The number of rotatable bonds is 2. The van der Waals surface area contributed by atoms with E-state index >= 15 is 0 Å². The number of ether oxygens (including phenoxy) is 1. The molecular formula is C15H29NO. The molecule has 4 unspecified atom stereocenters. The molecule has 17 heavy (non-hydrogen) atoms. The van der Waals surface area contributed by atoms with Crippen molar-refractivity contribution in [2.45, 2.75) is 71.1 Å². The van der Waals surface area contributed by atoms with Gasteiger partial charge in [-0.05, 0) is 71.8 Å². The minimum absolute atomic E-state index is 0.0467. The van der Waals surface area contributed by atoms with Crippen LogP contribution in [-0.4, -0.2) is 24.3 Å². The Morgan fingerprint density at radius 3 is 2.18 bits per heavy atom. The van der Waals surface area contributed by atoms with Crippen LogP contribution in [0.15, 0.2) is 0 Å². The molecule has 2 rings (SSSR count). The highest BCUT2D eigenvalue weighted by molar-refractivity contribution is 5.01. The van der Waals surface area contributed by atoms with Gasteiger partial charge < -0.3 is 10.1 Å². The fourth-order valence-corrected chi connectivity index (χ4v) is 4.44. The quantitative estimate of drug-likeness (QED) is 0.799. The summed E-state index contributed by atoms with van der Waals surface area (Å²) in [7, 11) is 2.10. The summed E-state index contributed by atoms with van der Waals surface area (Å²) in [5.41, 5.74) is 0.108. The van der Waals surface area contributed by atoms with Gasteiger partial charge in [-0.1, -0.05) is 6.92 Å². The zero-order chi connectivity index (χ0) is 12.8. The Bertz CT molecular complexity index is 285. The molecule has 1 N–H and O–H groups in total. The van der Waals surface area contributed by atoms with Crippen molar-refractivity contribution in [2.75, 3.05) is 7.05 Å². The smallest absolute Gasteiger partial charge is 0.0665 e. The molecule has 2 nitrogen and oxygen atoms in total. The van der Waals surface area contributed by atoms with E-state index in [9.17, 15) is 0 Å². The molecular weight excluding hydrogens is 210 g/mol. The molecule has 1 saturated carbocycles. The van der Waals surface area contributed by atoms with E-state index in [1.807, 2.05) is 0 Å². The van der Waals surface area contributed by atoms with Crippen molar-refractivity contribution in [2.24, 2.45) is 17.8 Å². The van der Waals surface area contributed by atoms with Crippen LogP contribution in [0.3, 0.4) is 0 Å². The molecule has 1 aliphatic carbocycles. The summed E-state index contributed by atoms with van der Waals surface area (Å²) in [5, 5.41) is 3.47. The second-order valence-corrected chi connectivity index (χ2v) is 7.27. The summed E-state index contributed by atoms with van der Waals surface area (Å²) >= 11 is 0. The van der Waals surface area contributed by atoms with E-state index in [2.05, 4.69) is 47.0 Å². The van der Waals surface area contributed by atoms with Gasteiger partial charge in [0.05, 0.1) is 11.2 Å². The Kier molecular flexibility index (Phi) is 3.33. The van der Waals surface area contributed by atoms with Crippen LogP contribution in [0.2, 0.25) is 0 Å². The third-order valence-electron chi connectivity index (χ3n) is 5.15. The van der Waals surface area contributed by atoms with Crippen molar-refractivity contribution >= 4 is 0 Å². The maximum Gasteiger partial charge on any atom is 0.0665 e. The van der Waals surface area contributed by atoms with Gasteiger partial charge in [0.25, 0.3) is 0 Å². The number of nitrogens with one attached hydrogen (secondary N) is 1. The van der Waals surface area contributed by atoms with Gasteiger partial charge in [-0.2, -0.15) is 0 Å². The van der Waals surface area contributed by atoms with Crippen LogP contribution in [0.1, 0.15) is 53.9 Å². The number of hydrogen-bond acceptors (Lipinski definition) is 2. The summed E-state index contributed by atoms with van der Waals surface area (Å²) in [6.07, 6.45) is 3.90. The Morgan fingerprint density at radius 2 is 1.76 bits per heavy atom. The summed E-state index contributed by atoms with van der Waals surface area (Å²) < 4.78 is 6.26. The lowest BCUT2D eigenvalue weighted by atomic mass is 9.73. The van der Waals surface area contributed by atoms with Crippen molar-refractivity contribution < 1.29 is 4.74 Å². The van der Waals surface area contributed by atoms with E-state index in [0.29, 0.717) is 12.0 Å². The van der Waals surface area contributed by atoms with Crippen molar-refractivity contribution in [1.29, 1.82) is 0 Å². The van der Waals surface area contributed by atoms with E-state index in [1.54, 1.807) is 0 Å². The van der Waals surface area contributed by atoms with Crippen molar-refractivity contribution in [1.82, 2.24) is 5.32 Å². The summed E-state index contributed by atoms with van der Waals surface area (Å²) in [5.74, 6) is 2.32. The first kappa shape index (κ1) is 13.4. The highest BCUT2D eigenvalue weighted by Crippen LogP contribution is 2.51. The van der Waals surface area contributed by atoms with E-state index in [0.717, 1.165) is 11.8 Å². The van der Waals surface area contributed by atoms with Gasteiger partial charge >= 0.3 is 0 Å². The van der Waals surface area contributed by atoms with Gasteiger partial charge in [-0.15, -0.1) is 0 Å². The molecule has 100 valence electrons. The van der Waals surface area contributed by atoms with E-state index in [4.69, 9.17) is 4.74 Å². The average Bonchev–Trinajstić information content (AvgIpc) is 2.63. The zero-order valence-electron chi connectivity index (χ0n) is 12.3. The monoisotopic (exact) mass is 239 g/mol. The Hall–Kier alpha value is -0.0800. The van der Waals surface area contributed by atoms with Gasteiger partial charge in [0.1, 0.15) is 0 Å². The van der Waals surface area contributed by atoms with Crippen LogP contribution < -0.4 is 5.32 Å². The molecule has 4 atom stereocenters. The van der Waals surface area contributed by atoms with Crippen molar-refractivity contribution in [3.05, 3.63) is 0 Å². The predicted molar refractivity (Wildman–Crippen MR) is 72.1 cm³/mol. The highest BCUT2D eigenvalue weighted by atomic mass is 16.5. The molecule has 2 aliphatic rings. The normalized spacial score (nSPS) is 44.1. The molecule has 0 spiro atoms. The van der Waals surface area contributed by atoms with E-state index in [-0.39, 0.29) is 11.2 Å². The van der Waals surface area contributed by atoms with Crippen LogP contribution >= 0.6 is 0 Å². The van der Waals surface area contributed by atoms with Crippen LogP contribution in [0.5, 0.6) is 0 Å². The lowest BCUT2D eigenvalue weighted by Gasteiger charge is -2.34. The second-order valence-electron chi connectivity index (χ2n) is 7.27. The lowest BCUT2D eigenvalue weighted by Crippen LogP contribution is -2.37. The molecule has 1 heterocycles. The largest absolute Gasteiger partial charge is 0.369 e. The van der Waals surface area contributed by atoms with Gasteiger partial charge in [0.15, 0.2) is 0 Å². The SMILES string of the molecule is CNC1CCC(C2CC(C)(C)OC2(C)C)C1C. The summed E-state index contributed by atoms with van der Waals surface area (Å²) in [6.45, 7) is 11.5. The molecule has 0 aromatic carbocycles. The van der Waals surface area contributed by atoms with E-state index in [1.165, 1.54) is 19.3 Å². The molecule has 0 aromatic rings. The van der Waals surface area contributed by atoms with Crippen LogP contribution in [0, 0.1) is 17.8 Å². The maximum absolute atomic E-state index is 6.26. The molecule has 0 amide bonds. The van der Waals surface area contributed by atoms with Gasteiger partial charge in [-0.25, -0.2) is 0 Å². The van der Waals surface area contributed by atoms with Crippen LogP contribution in [0.4, 0.5) is 0 Å². The Morgan fingerprint density at radius 1 is 1.12 bits per heavy atom. The first-order valence-electron chi connectivity index (χ1n) is 7.14. The predicted octanol–water partition coefficient (Wildman–Crippen LogP) is 3.21. The number of hydrogen-bond donors (Lipinski definition) is 1. The minimum Gasteiger partial charge on any atom is -0.369 e. The third kappa shape index (κ3) is 2.39. The average molecular weight is 239 g/mol. The zero-order valence-corrected chi connectivity index (χ0v) is 12.3. The molecule has 0 bridgehead atoms. The summed E-state index contributed by atoms with van der Waals surface area (Å²) in [6, 6.07) is 0.708. The van der Waals surface area contributed by atoms with Gasteiger partial charge in [0, 0.05) is 6.04 Å². The lowest BCUT2D eigenvalue weighted by molar-refractivity contribution is -0.0816.